The van der Waals surface area contributed by atoms with Crippen LogP contribution in [0, 0.1) is 5.92 Å². The van der Waals surface area contributed by atoms with E-state index in [1.54, 1.807) is 0 Å². The molecule has 0 aliphatic heterocycles. The minimum Gasteiger partial charge on any atom is -0.483 e. The van der Waals surface area contributed by atoms with Crippen molar-refractivity contribution in [2.24, 2.45) is 5.92 Å². The van der Waals surface area contributed by atoms with Crippen LogP contribution >= 0.6 is 9.39 Å². The van der Waals surface area contributed by atoms with Crippen LogP contribution in [0.2, 0.25) is 0 Å². The number of carboxylic acid groups (broad SMARTS) is 1. The van der Waals surface area contributed by atoms with E-state index in [1.807, 2.05) is 13.8 Å². The van der Waals surface area contributed by atoms with E-state index in [0.29, 0.717) is 6.04 Å². The first-order chi connectivity index (χ1) is 7.99. The van der Waals surface area contributed by atoms with Gasteiger partial charge in [0.15, 0.2) is 0 Å². The fourth-order valence-electron chi connectivity index (χ4n) is 1.16. The summed E-state index contributed by atoms with van der Waals surface area (Å²) in [7, 11) is 2.49. The van der Waals surface area contributed by atoms with E-state index in [4.69, 9.17) is 9.90 Å². The summed E-state index contributed by atoms with van der Waals surface area (Å²) < 4.78 is 0. The molecule has 0 heterocycles. The van der Waals surface area contributed by atoms with Gasteiger partial charge < -0.3 is 15.5 Å². The molecule has 2 atom stereocenters. The minimum atomic E-state index is -0.250. The Bertz CT molecular complexity index is 201. The molecule has 2 unspecified atom stereocenters. The number of amides is 1. The molecule has 0 bridgehead atoms. The van der Waals surface area contributed by atoms with Crippen molar-refractivity contribution in [2.45, 2.75) is 46.1 Å². The van der Waals surface area contributed by atoms with Gasteiger partial charge in [-0.2, -0.15) is 0 Å². The molecule has 0 fully saturated rings. The highest BCUT2D eigenvalue weighted by atomic mass is 31.0. The van der Waals surface area contributed by atoms with Gasteiger partial charge in [-0.15, -0.1) is 0 Å². The van der Waals surface area contributed by atoms with Gasteiger partial charge in [-0.3, -0.25) is 9.59 Å². The predicted octanol–water partition coefficient (Wildman–Crippen LogP) is 1.40. The Kier molecular flexibility index (Phi) is 14.7. The van der Waals surface area contributed by atoms with Crippen molar-refractivity contribution in [2.75, 3.05) is 6.54 Å². The van der Waals surface area contributed by atoms with Crippen LogP contribution in [0.5, 0.6) is 0 Å². The van der Waals surface area contributed by atoms with Crippen LogP contribution in [0.1, 0.15) is 40.0 Å². The minimum absolute atomic E-state index is 0.0890. The molecule has 0 aromatic carbocycles. The number of carbonyl (C=O) groups is 2. The standard InChI is InChI=1S/C10H23N2OP.CH2O2/c1-8(2)10(13)12-9(3)6-4-5-7-11-14;2-1-3/h8-9,11H,4-7,14H2,1-3H3,(H,12,13);1H,(H,2,3). The molecule has 1 amide bonds. The highest BCUT2D eigenvalue weighted by Crippen LogP contribution is 2.01. The fourth-order valence-corrected chi connectivity index (χ4v) is 1.36. The van der Waals surface area contributed by atoms with Crippen LogP contribution in [-0.2, 0) is 9.59 Å². The Morgan fingerprint density at radius 3 is 2.29 bits per heavy atom. The molecular formula is C11H25N2O3P. The average molecular weight is 264 g/mol. The summed E-state index contributed by atoms with van der Waals surface area (Å²) in [6.07, 6.45) is 3.37. The van der Waals surface area contributed by atoms with E-state index in [9.17, 15) is 4.79 Å². The highest BCUT2D eigenvalue weighted by molar-refractivity contribution is 7.13. The zero-order valence-corrected chi connectivity index (χ0v) is 12.1. The number of unbranched alkanes of at least 4 members (excludes halogenated alkanes) is 1. The molecular weight excluding hydrogens is 239 g/mol. The van der Waals surface area contributed by atoms with Crippen LogP contribution < -0.4 is 10.4 Å². The lowest BCUT2D eigenvalue weighted by molar-refractivity contribution is -0.125. The van der Waals surface area contributed by atoms with Crippen molar-refractivity contribution < 1.29 is 14.7 Å². The van der Waals surface area contributed by atoms with Crippen LogP contribution in [0.25, 0.3) is 0 Å². The number of nitrogens with one attached hydrogen (secondary N) is 2. The van der Waals surface area contributed by atoms with Gasteiger partial charge in [0, 0.05) is 12.0 Å². The van der Waals surface area contributed by atoms with Gasteiger partial charge in [-0.05, 0) is 26.3 Å². The van der Waals surface area contributed by atoms with Crippen LogP contribution in [0.15, 0.2) is 0 Å². The van der Waals surface area contributed by atoms with Crippen LogP contribution in [0.3, 0.4) is 0 Å². The first-order valence-electron chi connectivity index (χ1n) is 5.81. The molecule has 0 aliphatic carbocycles. The van der Waals surface area contributed by atoms with Crippen molar-refractivity contribution in [3.63, 3.8) is 0 Å². The lowest BCUT2D eigenvalue weighted by atomic mass is 10.1. The second-order valence-corrected chi connectivity index (χ2v) is 4.53. The maximum Gasteiger partial charge on any atom is 0.290 e. The molecule has 17 heavy (non-hydrogen) atoms. The van der Waals surface area contributed by atoms with E-state index in [1.165, 1.54) is 0 Å². The number of hydrogen-bond acceptors (Lipinski definition) is 3. The Labute approximate surface area is 106 Å². The molecule has 0 saturated carbocycles. The lowest BCUT2D eigenvalue weighted by Crippen LogP contribution is -2.35. The smallest absolute Gasteiger partial charge is 0.290 e. The molecule has 3 N–H and O–H groups in total. The van der Waals surface area contributed by atoms with Gasteiger partial charge in [0.2, 0.25) is 5.91 Å². The normalized spacial score (nSPS) is 11.4. The largest absolute Gasteiger partial charge is 0.483 e. The van der Waals surface area contributed by atoms with Gasteiger partial charge in [-0.1, -0.05) is 29.7 Å². The molecule has 0 spiro atoms. The Balaban J connectivity index is 0. The summed E-state index contributed by atoms with van der Waals surface area (Å²) in [5, 5.41) is 12.9. The third-order valence-corrected chi connectivity index (χ3v) is 2.41. The van der Waals surface area contributed by atoms with E-state index in [-0.39, 0.29) is 18.3 Å². The molecule has 5 nitrogen and oxygen atoms in total. The summed E-state index contributed by atoms with van der Waals surface area (Å²) >= 11 is 0. The lowest BCUT2D eigenvalue weighted by Gasteiger charge is -2.15. The van der Waals surface area contributed by atoms with Gasteiger partial charge >= 0.3 is 0 Å². The first-order valence-corrected chi connectivity index (χ1v) is 6.39. The third-order valence-electron chi connectivity index (χ3n) is 2.12. The van der Waals surface area contributed by atoms with Gasteiger partial charge in [0.05, 0.1) is 0 Å². The summed E-state index contributed by atoms with van der Waals surface area (Å²) in [5.74, 6) is 0.243. The molecule has 0 rings (SSSR count). The molecule has 102 valence electrons. The van der Waals surface area contributed by atoms with Crippen molar-refractivity contribution >= 4 is 21.8 Å². The average Bonchev–Trinajstić information content (AvgIpc) is 2.25. The summed E-state index contributed by atoms with van der Waals surface area (Å²) in [5.41, 5.74) is 0. The van der Waals surface area contributed by atoms with Gasteiger partial charge in [0.25, 0.3) is 6.47 Å². The quantitative estimate of drug-likeness (QED) is 0.369. The Hall–Kier alpha value is -0.670. The third kappa shape index (κ3) is 15.3. The molecule has 0 aliphatic rings. The zero-order valence-electron chi connectivity index (χ0n) is 10.9. The van der Waals surface area contributed by atoms with Crippen molar-refractivity contribution in [1.29, 1.82) is 0 Å². The molecule has 6 heteroatoms. The summed E-state index contributed by atoms with van der Waals surface area (Å²) in [4.78, 5) is 19.7. The van der Waals surface area contributed by atoms with E-state index in [0.717, 1.165) is 25.8 Å². The SMILES string of the molecule is CC(CCCCNP)NC(=O)C(C)C.O=CO. The second-order valence-electron chi connectivity index (χ2n) is 4.12. The van der Waals surface area contributed by atoms with Crippen molar-refractivity contribution in [1.82, 2.24) is 10.4 Å². The Morgan fingerprint density at radius 2 is 1.88 bits per heavy atom. The molecule has 0 aromatic rings. The van der Waals surface area contributed by atoms with Gasteiger partial charge in [-0.25, -0.2) is 0 Å². The number of carbonyl (C=O) groups excluding carboxylic acids is 1. The fraction of sp³-hybridized carbons (Fsp3) is 0.818. The maximum absolute atomic E-state index is 11.3. The van der Waals surface area contributed by atoms with Crippen molar-refractivity contribution in [3.8, 4) is 0 Å². The summed E-state index contributed by atoms with van der Waals surface area (Å²) in [6, 6.07) is 0.300. The van der Waals surface area contributed by atoms with Crippen LogP contribution in [0.4, 0.5) is 0 Å². The van der Waals surface area contributed by atoms with E-state index in [2.05, 4.69) is 26.7 Å². The van der Waals surface area contributed by atoms with E-state index >= 15 is 0 Å². The number of rotatable bonds is 7. The van der Waals surface area contributed by atoms with Gasteiger partial charge in [0.1, 0.15) is 0 Å². The summed E-state index contributed by atoms with van der Waals surface area (Å²) in [6.45, 7) is 6.67. The highest BCUT2D eigenvalue weighted by Gasteiger charge is 2.09. The zero-order chi connectivity index (χ0) is 13.7. The topological polar surface area (TPSA) is 78.4 Å². The number of hydrogen-bond donors (Lipinski definition) is 3. The molecule has 0 saturated heterocycles. The van der Waals surface area contributed by atoms with Crippen LogP contribution in [-0.4, -0.2) is 30.1 Å². The maximum atomic E-state index is 11.3. The van der Waals surface area contributed by atoms with Crippen molar-refractivity contribution in [3.05, 3.63) is 0 Å². The first kappa shape index (κ1) is 18.7. The predicted molar refractivity (Wildman–Crippen MR) is 72.7 cm³/mol. The second kappa shape index (κ2) is 13.4. The monoisotopic (exact) mass is 264 g/mol. The molecule has 0 radical (unpaired) electrons. The molecule has 0 aromatic heterocycles. The van der Waals surface area contributed by atoms with E-state index < -0.39 is 0 Å². The Morgan fingerprint density at radius 1 is 1.35 bits per heavy atom.